The monoisotopic (exact) mass is 296 g/mol. The van der Waals surface area contributed by atoms with E-state index >= 15 is 0 Å². The molecule has 0 radical (unpaired) electrons. The lowest BCUT2D eigenvalue weighted by Crippen LogP contribution is -2.52. The number of nitrogens with zero attached hydrogens (tertiary/aromatic N) is 2. The predicted molar refractivity (Wildman–Crippen MR) is 84.5 cm³/mol. The van der Waals surface area contributed by atoms with Gasteiger partial charge in [0.25, 0.3) is 0 Å². The van der Waals surface area contributed by atoms with Crippen LogP contribution < -0.4 is 0 Å². The zero-order valence-corrected chi connectivity index (χ0v) is 13.9. The van der Waals surface area contributed by atoms with E-state index in [-0.39, 0.29) is 0 Å². The standard InChI is InChI=1S/C17H32N2O2/c1-17(2)15(3-4-18-5-9-20-10-6-18)13-16(17)14-19-7-11-21-12-8-19/h15-16H,3-14H2,1-2H3. The van der Waals surface area contributed by atoms with Crippen molar-refractivity contribution in [2.45, 2.75) is 26.7 Å². The van der Waals surface area contributed by atoms with Crippen LogP contribution in [0.3, 0.4) is 0 Å². The number of morpholine rings is 2. The van der Waals surface area contributed by atoms with Gasteiger partial charge in [0, 0.05) is 32.7 Å². The molecule has 0 N–H and O–H groups in total. The molecule has 4 heteroatoms. The zero-order chi connectivity index (χ0) is 14.7. The molecule has 3 fully saturated rings. The first-order chi connectivity index (χ1) is 10.2. The summed E-state index contributed by atoms with van der Waals surface area (Å²) < 4.78 is 10.9. The lowest BCUT2D eigenvalue weighted by atomic mass is 9.53. The zero-order valence-electron chi connectivity index (χ0n) is 13.9. The van der Waals surface area contributed by atoms with E-state index in [1.165, 1.54) is 25.9 Å². The minimum Gasteiger partial charge on any atom is -0.379 e. The van der Waals surface area contributed by atoms with Crippen molar-refractivity contribution in [1.29, 1.82) is 0 Å². The molecular weight excluding hydrogens is 264 g/mol. The van der Waals surface area contributed by atoms with Crippen LogP contribution in [0.1, 0.15) is 26.7 Å². The quantitative estimate of drug-likeness (QED) is 0.771. The molecule has 0 aromatic carbocycles. The Balaban J connectivity index is 1.40. The number of hydrogen-bond donors (Lipinski definition) is 0. The SMILES string of the molecule is CC1(C)C(CCN2CCOCC2)CC1CN1CCOCC1. The van der Waals surface area contributed by atoms with Crippen LogP contribution >= 0.6 is 0 Å². The van der Waals surface area contributed by atoms with Gasteiger partial charge < -0.3 is 9.47 Å². The van der Waals surface area contributed by atoms with Crippen molar-refractivity contribution in [1.82, 2.24) is 9.80 Å². The van der Waals surface area contributed by atoms with Crippen molar-refractivity contribution >= 4 is 0 Å². The molecule has 1 saturated carbocycles. The molecule has 0 amide bonds. The van der Waals surface area contributed by atoms with E-state index in [1.807, 2.05) is 0 Å². The molecule has 122 valence electrons. The van der Waals surface area contributed by atoms with Crippen LogP contribution in [-0.4, -0.2) is 75.5 Å². The Morgan fingerprint density at radius 2 is 1.43 bits per heavy atom. The predicted octanol–water partition coefficient (Wildman–Crippen LogP) is 1.70. The smallest absolute Gasteiger partial charge is 0.0594 e. The molecule has 0 aromatic heterocycles. The second-order valence-electron chi connectivity index (χ2n) is 7.61. The fraction of sp³-hybridized carbons (Fsp3) is 1.00. The fourth-order valence-electron chi connectivity index (χ4n) is 4.18. The maximum absolute atomic E-state index is 5.45. The van der Waals surface area contributed by atoms with Gasteiger partial charge in [-0.1, -0.05) is 13.8 Å². The summed E-state index contributed by atoms with van der Waals surface area (Å²) in [4.78, 5) is 5.18. The molecule has 21 heavy (non-hydrogen) atoms. The van der Waals surface area contributed by atoms with Gasteiger partial charge in [-0.05, 0) is 36.6 Å². The third-order valence-electron chi connectivity index (χ3n) is 6.15. The van der Waals surface area contributed by atoms with Crippen LogP contribution in [0.4, 0.5) is 0 Å². The van der Waals surface area contributed by atoms with Gasteiger partial charge >= 0.3 is 0 Å². The van der Waals surface area contributed by atoms with Gasteiger partial charge in [-0.3, -0.25) is 9.80 Å². The van der Waals surface area contributed by atoms with Crippen LogP contribution in [0.5, 0.6) is 0 Å². The van der Waals surface area contributed by atoms with E-state index < -0.39 is 0 Å². The number of hydrogen-bond acceptors (Lipinski definition) is 4. The highest BCUT2D eigenvalue weighted by Crippen LogP contribution is 2.53. The van der Waals surface area contributed by atoms with Gasteiger partial charge in [-0.15, -0.1) is 0 Å². The Kier molecular flexibility index (Phi) is 5.20. The summed E-state index contributed by atoms with van der Waals surface area (Å²) in [7, 11) is 0. The molecule has 2 atom stereocenters. The first kappa shape index (κ1) is 15.7. The Hall–Kier alpha value is -0.160. The van der Waals surface area contributed by atoms with Crippen molar-refractivity contribution in [2.24, 2.45) is 17.3 Å². The highest BCUT2D eigenvalue weighted by atomic mass is 16.5. The maximum Gasteiger partial charge on any atom is 0.0594 e. The van der Waals surface area contributed by atoms with E-state index in [4.69, 9.17) is 9.47 Å². The first-order valence-electron chi connectivity index (χ1n) is 8.76. The normalized spacial score (nSPS) is 34.6. The molecule has 4 nitrogen and oxygen atoms in total. The van der Waals surface area contributed by atoms with E-state index in [0.717, 1.165) is 64.4 Å². The van der Waals surface area contributed by atoms with Gasteiger partial charge in [-0.2, -0.15) is 0 Å². The molecular formula is C17H32N2O2. The number of rotatable bonds is 5. The minimum absolute atomic E-state index is 0.518. The van der Waals surface area contributed by atoms with Crippen LogP contribution in [0.2, 0.25) is 0 Å². The van der Waals surface area contributed by atoms with Crippen molar-refractivity contribution in [3.8, 4) is 0 Å². The molecule has 1 aliphatic carbocycles. The minimum atomic E-state index is 0.518. The Morgan fingerprint density at radius 3 is 2.00 bits per heavy atom. The van der Waals surface area contributed by atoms with Crippen molar-refractivity contribution < 1.29 is 9.47 Å². The Morgan fingerprint density at radius 1 is 0.857 bits per heavy atom. The molecule has 2 heterocycles. The topological polar surface area (TPSA) is 24.9 Å². The Labute approximate surface area is 129 Å². The lowest BCUT2D eigenvalue weighted by Gasteiger charge is -2.54. The van der Waals surface area contributed by atoms with Crippen molar-refractivity contribution in [2.75, 3.05) is 65.7 Å². The van der Waals surface area contributed by atoms with Crippen LogP contribution in [-0.2, 0) is 9.47 Å². The van der Waals surface area contributed by atoms with Crippen molar-refractivity contribution in [3.05, 3.63) is 0 Å². The second-order valence-corrected chi connectivity index (χ2v) is 7.61. The molecule has 3 rings (SSSR count). The molecule has 2 unspecified atom stereocenters. The third kappa shape index (κ3) is 3.79. The van der Waals surface area contributed by atoms with Crippen molar-refractivity contribution in [3.63, 3.8) is 0 Å². The molecule has 2 aliphatic heterocycles. The summed E-state index contributed by atoms with van der Waals surface area (Å²) in [6.07, 6.45) is 2.79. The summed E-state index contributed by atoms with van der Waals surface area (Å²) in [6.45, 7) is 15.7. The highest BCUT2D eigenvalue weighted by Gasteiger charge is 2.47. The number of ether oxygens (including phenoxy) is 2. The summed E-state index contributed by atoms with van der Waals surface area (Å²) in [5, 5.41) is 0. The molecule has 0 aromatic rings. The first-order valence-corrected chi connectivity index (χ1v) is 8.76. The molecule has 3 aliphatic rings. The Bertz CT molecular complexity index is 323. The van der Waals surface area contributed by atoms with E-state index in [9.17, 15) is 0 Å². The molecule has 0 bridgehead atoms. The summed E-state index contributed by atoms with van der Waals surface area (Å²) in [5.41, 5.74) is 0.518. The summed E-state index contributed by atoms with van der Waals surface area (Å²) in [5.74, 6) is 1.79. The maximum atomic E-state index is 5.45. The average Bonchev–Trinajstić information content (AvgIpc) is 2.52. The van der Waals surface area contributed by atoms with Gasteiger partial charge in [-0.25, -0.2) is 0 Å². The van der Waals surface area contributed by atoms with E-state index in [1.54, 1.807) is 0 Å². The lowest BCUT2D eigenvalue weighted by molar-refractivity contribution is -0.0654. The summed E-state index contributed by atoms with van der Waals surface area (Å²) >= 11 is 0. The third-order valence-corrected chi connectivity index (χ3v) is 6.15. The largest absolute Gasteiger partial charge is 0.379 e. The second kappa shape index (κ2) is 6.95. The molecule has 2 saturated heterocycles. The highest BCUT2D eigenvalue weighted by molar-refractivity contribution is 4.98. The summed E-state index contributed by atoms with van der Waals surface area (Å²) in [6, 6.07) is 0. The fourth-order valence-corrected chi connectivity index (χ4v) is 4.18. The average molecular weight is 296 g/mol. The van der Waals surface area contributed by atoms with Gasteiger partial charge in [0.15, 0.2) is 0 Å². The van der Waals surface area contributed by atoms with E-state index in [0.29, 0.717) is 5.41 Å². The van der Waals surface area contributed by atoms with Crippen LogP contribution in [0, 0.1) is 17.3 Å². The van der Waals surface area contributed by atoms with Crippen LogP contribution in [0.25, 0.3) is 0 Å². The van der Waals surface area contributed by atoms with Gasteiger partial charge in [0.1, 0.15) is 0 Å². The van der Waals surface area contributed by atoms with Gasteiger partial charge in [0.2, 0.25) is 0 Å². The molecule has 0 spiro atoms. The van der Waals surface area contributed by atoms with Crippen LogP contribution in [0.15, 0.2) is 0 Å². The van der Waals surface area contributed by atoms with Gasteiger partial charge in [0.05, 0.1) is 26.4 Å². The van der Waals surface area contributed by atoms with E-state index in [2.05, 4.69) is 23.6 Å².